The summed E-state index contributed by atoms with van der Waals surface area (Å²) in [4.78, 5) is 28.6. The van der Waals surface area contributed by atoms with Crippen molar-refractivity contribution in [2.45, 2.75) is 0 Å². The van der Waals surface area contributed by atoms with Crippen molar-refractivity contribution in [2.75, 3.05) is 6.61 Å². The Kier molecular flexibility index (Phi) is 5.34. The van der Waals surface area contributed by atoms with Crippen molar-refractivity contribution in [3.63, 3.8) is 0 Å². The summed E-state index contributed by atoms with van der Waals surface area (Å²) in [6, 6.07) is 23.3. The van der Waals surface area contributed by atoms with Crippen LogP contribution in [0.5, 0.6) is 5.75 Å². The molecular formula is C23H17N3O4. The fourth-order valence-electron chi connectivity index (χ4n) is 2.98. The van der Waals surface area contributed by atoms with E-state index in [0.717, 1.165) is 5.56 Å². The van der Waals surface area contributed by atoms with Gasteiger partial charge in [0.1, 0.15) is 5.75 Å². The van der Waals surface area contributed by atoms with Gasteiger partial charge in [-0.05, 0) is 24.3 Å². The molecule has 0 aliphatic rings. The van der Waals surface area contributed by atoms with Gasteiger partial charge in [0.15, 0.2) is 12.4 Å². The molecule has 0 bridgehead atoms. The van der Waals surface area contributed by atoms with E-state index in [2.05, 4.69) is 10.1 Å². The molecule has 3 aromatic carbocycles. The van der Waals surface area contributed by atoms with Gasteiger partial charge in [0.2, 0.25) is 0 Å². The summed E-state index contributed by atoms with van der Waals surface area (Å²) in [7, 11) is 0. The van der Waals surface area contributed by atoms with E-state index in [1.165, 1.54) is 10.9 Å². The molecule has 4 aromatic rings. The van der Waals surface area contributed by atoms with Crippen LogP contribution in [0.4, 0.5) is 0 Å². The number of ether oxygens (including phenoxy) is 1. The first kappa shape index (κ1) is 19.1. The first-order chi connectivity index (χ1) is 14.6. The highest BCUT2D eigenvalue weighted by Crippen LogP contribution is 2.20. The Morgan fingerprint density at radius 2 is 1.70 bits per heavy atom. The lowest BCUT2D eigenvalue weighted by Crippen LogP contribution is -2.20. The van der Waals surface area contributed by atoms with Crippen LogP contribution in [0.2, 0.25) is 0 Å². The van der Waals surface area contributed by atoms with Crippen molar-refractivity contribution in [2.24, 2.45) is 5.10 Å². The molecule has 0 atom stereocenters. The van der Waals surface area contributed by atoms with E-state index >= 15 is 0 Å². The second-order valence-electron chi connectivity index (χ2n) is 6.40. The Balaban J connectivity index is 1.84. The first-order valence-corrected chi connectivity index (χ1v) is 9.18. The van der Waals surface area contributed by atoms with Gasteiger partial charge in [-0.3, -0.25) is 4.79 Å². The third kappa shape index (κ3) is 3.95. The molecule has 0 saturated heterocycles. The molecule has 0 aliphatic heterocycles. The minimum Gasteiger partial charge on any atom is -0.481 e. The monoisotopic (exact) mass is 399 g/mol. The van der Waals surface area contributed by atoms with Crippen molar-refractivity contribution in [3.8, 4) is 17.1 Å². The van der Waals surface area contributed by atoms with E-state index in [9.17, 15) is 9.59 Å². The van der Waals surface area contributed by atoms with Crippen LogP contribution in [0.3, 0.4) is 0 Å². The van der Waals surface area contributed by atoms with Crippen molar-refractivity contribution in [3.05, 3.63) is 94.8 Å². The molecule has 0 fully saturated rings. The summed E-state index contributed by atoms with van der Waals surface area (Å²) in [6.07, 6.45) is 1.46. The van der Waals surface area contributed by atoms with Gasteiger partial charge in [-0.2, -0.15) is 9.78 Å². The van der Waals surface area contributed by atoms with E-state index in [4.69, 9.17) is 9.84 Å². The fourth-order valence-corrected chi connectivity index (χ4v) is 2.98. The highest BCUT2D eigenvalue weighted by Gasteiger charge is 2.12. The number of carboxylic acids is 1. The number of carbonyl (C=O) groups is 1. The number of rotatable bonds is 6. The lowest BCUT2D eigenvalue weighted by Gasteiger charge is -2.10. The van der Waals surface area contributed by atoms with Gasteiger partial charge in [-0.15, -0.1) is 0 Å². The number of aromatic nitrogens is 2. The number of benzene rings is 3. The third-order valence-electron chi connectivity index (χ3n) is 4.37. The molecular weight excluding hydrogens is 382 g/mol. The van der Waals surface area contributed by atoms with Gasteiger partial charge >= 0.3 is 5.97 Å². The zero-order valence-corrected chi connectivity index (χ0v) is 15.8. The number of hydrogen-bond donors (Lipinski definition) is 1. The standard InChI is InChI=1S/C23H17N3O4/c27-21(28)15-30-20-13-7-4-10-17(20)14-24-26-22(16-8-2-1-3-9-16)25-19-12-6-5-11-18(19)23(26)29/h1-14H,15H2,(H,27,28). The van der Waals surface area contributed by atoms with Gasteiger partial charge in [0, 0.05) is 11.1 Å². The quantitative estimate of drug-likeness (QED) is 0.502. The average molecular weight is 399 g/mol. The largest absolute Gasteiger partial charge is 0.481 e. The van der Waals surface area contributed by atoms with Crippen LogP contribution in [-0.2, 0) is 4.79 Å². The lowest BCUT2D eigenvalue weighted by atomic mass is 10.2. The number of para-hydroxylation sites is 2. The summed E-state index contributed by atoms with van der Waals surface area (Å²) in [5.74, 6) is -0.325. The summed E-state index contributed by atoms with van der Waals surface area (Å²) >= 11 is 0. The number of carboxylic acid groups (broad SMARTS) is 1. The van der Waals surface area contributed by atoms with Gasteiger partial charge in [-0.25, -0.2) is 9.78 Å². The second-order valence-corrected chi connectivity index (χ2v) is 6.40. The number of nitrogens with zero attached hydrogens (tertiary/aromatic N) is 3. The molecule has 0 radical (unpaired) electrons. The van der Waals surface area contributed by atoms with Crippen LogP contribution in [0.1, 0.15) is 5.56 Å². The van der Waals surface area contributed by atoms with Crippen LogP contribution in [0.25, 0.3) is 22.3 Å². The Morgan fingerprint density at radius 1 is 1.00 bits per heavy atom. The van der Waals surface area contributed by atoms with E-state index in [-0.39, 0.29) is 5.56 Å². The molecule has 1 N–H and O–H groups in total. The Labute approximate surface area is 171 Å². The van der Waals surface area contributed by atoms with Crippen molar-refractivity contribution >= 4 is 23.1 Å². The van der Waals surface area contributed by atoms with E-state index in [0.29, 0.717) is 28.0 Å². The molecule has 148 valence electrons. The van der Waals surface area contributed by atoms with E-state index < -0.39 is 12.6 Å². The molecule has 0 amide bonds. The van der Waals surface area contributed by atoms with Crippen LogP contribution in [0.15, 0.2) is 88.8 Å². The van der Waals surface area contributed by atoms with Crippen LogP contribution in [0, 0.1) is 0 Å². The minimum absolute atomic E-state index is 0.306. The molecule has 0 saturated carbocycles. The molecule has 1 aromatic heterocycles. The smallest absolute Gasteiger partial charge is 0.341 e. The number of hydrogen-bond acceptors (Lipinski definition) is 5. The van der Waals surface area contributed by atoms with Crippen LogP contribution >= 0.6 is 0 Å². The molecule has 7 nitrogen and oxygen atoms in total. The first-order valence-electron chi connectivity index (χ1n) is 9.18. The molecule has 0 unspecified atom stereocenters. The summed E-state index contributed by atoms with van der Waals surface area (Å²) in [6.45, 7) is -0.475. The molecule has 0 spiro atoms. The SMILES string of the molecule is O=C(O)COc1ccccc1C=Nn1c(-c2ccccc2)nc2ccccc2c1=O. The van der Waals surface area contributed by atoms with Gasteiger partial charge < -0.3 is 9.84 Å². The summed E-state index contributed by atoms with van der Waals surface area (Å²) in [5, 5.41) is 13.7. The Hall–Kier alpha value is -4.26. The highest BCUT2D eigenvalue weighted by molar-refractivity contribution is 5.84. The normalized spacial score (nSPS) is 11.1. The maximum Gasteiger partial charge on any atom is 0.341 e. The Morgan fingerprint density at radius 3 is 2.50 bits per heavy atom. The number of fused-ring (bicyclic) bond motifs is 1. The maximum absolute atomic E-state index is 13.1. The molecule has 4 rings (SSSR count). The zero-order valence-electron chi connectivity index (χ0n) is 15.8. The van der Waals surface area contributed by atoms with Gasteiger partial charge in [0.25, 0.3) is 5.56 Å². The van der Waals surface area contributed by atoms with E-state index in [1.54, 1.807) is 42.5 Å². The van der Waals surface area contributed by atoms with Crippen molar-refractivity contribution in [1.29, 1.82) is 0 Å². The van der Waals surface area contributed by atoms with Gasteiger partial charge in [-0.1, -0.05) is 54.6 Å². The molecule has 1 heterocycles. The number of aliphatic carboxylic acids is 1. The summed E-state index contributed by atoms with van der Waals surface area (Å²) < 4.78 is 6.55. The van der Waals surface area contributed by atoms with Crippen LogP contribution in [-0.4, -0.2) is 33.6 Å². The van der Waals surface area contributed by atoms with Crippen LogP contribution < -0.4 is 10.3 Å². The third-order valence-corrected chi connectivity index (χ3v) is 4.37. The molecule has 7 heteroatoms. The van der Waals surface area contributed by atoms with Crippen molar-refractivity contribution < 1.29 is 14.6 Å². The molecule has 0 aliphatic carbocycles. The Bertz CT molecular complexity index is 1300. The topological polar surface area (TPSA) is 93.8 Å². The predicted octanol–water partition coefficient (Wildman–Crippen LogP) is 3.41. The zero-order chi connectivity index (χ0) is 20.9. The summed E-state index contributed by atoms with van der Waals surface area (Å²) in [5.41, 5.74) is 1.56. The minimum atomic E-state index is -1.08. The predicted molar refractivity (Wildman–Crippen MR) is 114 cm³/mol. The maximum atomic E-state index is 13.1. The lowest BCUT2D eigenvalue weighted by molar-refractivity contribution is -0.139. The van der Waals surface area contributed by atoms with Gasteiger partial charge in [0.05, 0.1) is 17.1 Å². The highest BCUT2D eigenvalue weighted by atomic mass is 16.5. The van der Waals surface area contributed by atoms with Crippen molar-refractivity contribution in [1.82, 2.24) is 9.66 Å². The fraction of sp³-hybridized carbons (Fsp3) is 0.0435. The second kappa shape index (κ2) is 8.40. The molecule has 30 heavy (non-hydrogen) atoms. The van der Waals surface area contributed by atoms with E-state index in [1.807, 2.05) is 36.4 Å². The average Bonchev–Trinajstić information content (AvgIpc) is 2.78.